The number of carboxylic acids is 3. The fourth-order valence-corrected chi connectivity index (χ4v) is 3.24. The maximum Gasteiger partial charge on any atom is 0.490 e. The third kappa shape index (κ3) is 11.9. The first-order chi connectivity index (χ1) is 20.1. The molecule has 0 radical (unpaired) electrons. The summed E-state index contributed by atoms with van der Waals surface area (Å²) in [5, 5.41) is 29.7. The summed E-state index contributed by atoms with van der Waals surface area (Å²) in [4.78, 5) is 31.1. The number of aromatic nitrogens is 4. The number of rotatable bonds is 3. The monoisotopic (exact) mass is 649 g/mol. The van der Waals surface area contributed by atoms with E-state index in [0.717, 1.165) is 24.5 Å². The molecule has 0 unspecified atom stereocenters. The third-order valence-electron chi connectivity index (χ3n) is 5.06. The molecule has 3 aromatic rings. The topological polar surface area (TPSA) is 160 Å². The highest BCUT2D eigenvalue weighted by atomic mass is 19.4. The minimum absolute atomic E-state index is 0.456. The van der Waals surface area contributed by atoms with E-state index in [1.165, 1.54) is 16.8 Å². The first kappa shape index (κ1) is 37.4. The van der Waals surface area contributed by atoms with Gasteiger partial charge < -0.3 is 25.2 Å². The van der Waals surface area contributed by atoms with Crippen LogP contribution in [0.15, 0.2) is 42.9 Å². The van der Waals surface area contributed by atoms with Gasteiger partial charge in [0.1, 0.15) is 0 Å². The lowest BCUT2D eigenvalue weighted by molar-refractivity contribution is -0.193. The first-order valence-corrected chi connectivity index (χ1v) is 11.8. The molecule has 244 valence electrons. The Morgan fingerprint density at radius 1 is 0.864 bits per heavy atom. The fraction of sp³-hybridized carbons (Fsp3) is 0.375. The molecule has 4 N–H and O–H groups in total. The van der Waals surface area contributed by atoms with Crippen LogP contribution in [0.1, 0.15) is 36.8 Å². The Morgan fingerprint density at radius 3 is 1.77 bits per heavy atom. The maximum atomic E-state index is 10.6. The van der Waals surface area contributed by atoms with Crippen molar-refractivity contribution in [3.8, 4) is 11.3 Å². The number of alkyl halides is 9. The van der Waals surface area contributed by atoms with Gasteiger partial charge in [0.05, 0.1) is 17.9 Å². The van der Waals surface area contributed by atoms with Gasteiger partial charge in [-0.15, -0.1) is 0 Å². The summed E-state index contributed by atoms with van der Waals surface area (Å²) in [6, 6.07) is 8.63. The van der Waals surface area contributed by atoms with Crippen LogP contribution < -0.4 is 5.32 Å². The molecular formula is C24H24F9N5O6. The van der Waals surface area contributed by atoms with Crippen molar-refractivity contribution in [3.05, 3.63) is 59.8 Å². The average Bonchev–Trinajstić information content (AvgIpc) is 3.44. The number of halogens is 9. The number of carboxylic acid groups (broad SMARTS) is 3. The number of nitrogens with one attached hydrogen (secondary N) is 1. The van der Waals surface area contributed by atoms with Crippen LogP contribution >= 0.6 is 0 Å². The highest BCUT2D eigenvalue weighted by Crippen LogP contribution is 2.31. The van der Waals surface area contributed by atoms with Gasteiger partial charge >= 0.3 is 36.4 Å². The second kappa shape index (κ2) is 15.2. The van der Waals surface area contributed by atoms with Gasteiger partial charge in [0.25, 0.3) is 0 Å². The molecule has 4 rings (SSSR count). The Bertz CT molecular complexity index is 1340. The molecule has 0 amide bonds. The zero-order valence-corrected chi connectivity index (χ0v) is 22.5. The molecule has 0 aromatic carbocycles. The van der Waals surface area contributed by atoms with Crippen molar-refractivity contribution in [2.24, 2.45) is 0 Å². The minimum Gasteiger partial charge on any atom is -0.475 e. The molecule has 11 nitrogen and oxygen atoms in total. The van der Waals surface area contributed by atoms with E-state index in [1.807, 2.05) is 29.1 Å². The van der Waals surface area contributed by atoms with Crippen molar-refractivity contribution in [1.29, 1.82) is 0 Å². The number of fused-ring (bicyclic) bond motifs is 3. The molecule has 0 saturated carbocycles. The van der Waals surface area contributed by atoms with E-state index < -0.39 is 36.4 Å². The van der Waals surface area contributed by atoms with Gasteiger partial charge in [0, 0.05) is 54.5 Å². The summed E-state index contributed by atoms with van der Waals surface area (Å²) in [5.74, 6) is -8.27. The average molecular weight is 649 g/mol. The van der Waals surface area contributed by atoms with Crippen molar-refractivity contribution in [2.45, 2.75) is 58.1 Å². The van der Waals surface area contributed by atoms with E-state index in [4.69, 9.17) is 34.8 Å². The van der Waals surface area contributed by atoms with Crippen molar-refractivity contribution >= 4 is 17.9 Å². The number of carbonyl (C=O) groups is 3. The van der Waals surface area contributed by atoms with E-state index in [2.05, 4.69) is 47.2 Å². The molecule has 4 heterocycles. The normalized spacial score (nSPS) is 12.5. The quantitative estimate of drug-likeness (QED) is 0.290. The van der Waals surface area contributed by atoms with E-state index in [1.54, 1.807) is 0 Å². The van der Waals surface area contributed by atoms with Crippen molar-refractivity contribution in [2.75, 3.05) is 0 Å². The predicted molar refractivity (Wildman–Crippen MR) is 131 cm³/mol. The second-order valence-corrected chi connectivity index (χ2v) is 8.71. The highest BCUT2D eigenvalue weighted by molar-refractivity contribution is 5.73. The molecule has 0 spiro atoms. The predicted octanol–water partition coefficient (Wildman–Crippen LogP) is 4.88. The summed E-state index contributed by atoms with van der Waals surface area (Å²) in [7, 11) is 0. The smallest absolute Gasteiger partial charge is 0.475 e. The molecule has 0 saturated heterocycles. The molecule has 20 heteroatoms. The summed E-state index contributed by atoms with van der Waals surface area (Å²) in [5.41, 5.74) is 5.94. The van der Waals surface area contributed by atoms with Gasteiger partial charge in [-0.2, -0.15) is 44.6 Å². The van der Waals surface area contributed by atoms with Crippen LogP contribution in [0.3, 0.4) is 0 Å². The molecule has 0 aliphatic carbocycles. The lowest BCUT2D eigenvalue weighted by Gasteiger charge is -2.13. The third-order valence-corrected chi connectivity index (χ3v) is 5.06. The number of pyridine rings is 1. The molecule has 0 atom stereocenters. The maximum absolute atomic E-state index is 10.6. The fourth-order valence-electron chi connectivity index (χ4n) is 3.24. The van der Waals surface area contributed by atoms with Crippen molar-refractivity contribution < 1.29 is 69.2 Å². The van der Waals surface area contributed by atoms with Gasteiger partial charge in [-0.1, -0.05) is 6.07 Å². The summed E-state index contributed by atoms with van der Waals surface area (Å²) in [6.07, 6.45) is -9.12. The first-order valence-electron chi connectivity index (χ1n) is 11.8. The molecule has 0 bridgehead atoms. The van der Waals surface area contributed by atoms with Crippen LogP contribution in [-0.4, -0.2) is 71.1 Å². The Morgan fingerprint density at radius 2 is 1.36 bits per heavy atom. The largest absolute Gasteiger partial charge is 0.490 e. The molecule has 1 aliphatic rings. The number of hydrogen-bond acceptors (Lipinski definition) is 6. The minimum atomic E-state index is -5.08. The lowest BCUT2D eigenvalue weighted by atomic mass is 10.1. The van der Waals surface area contributed by atoms with Gasteiger partial charge in [-0.3, -0.25) is 9.67 Å². The van der Waals surface area contributed by atoms with Crippen LogP contribution in [0.4, 0.5) is 39.5 Å². The number of nitrogens with zero attached hydrogens (tertiary/aromatic N) is 4. The molecule has 3 aromatic heterocycles. The van der Waals surface area contributed by atoms with Gasteiger partial charge in [-0.25, -0.2) is 14.4 Å². The zero-order chi connectivity index (χ0) is 34.0. The van der Waals surface area contributed by atoms with Crippen LogP contribution in [0, 0.1) is 0 Å². The number of hydrogen-bond donors (Lipinski definition) is 4. The van der Waals surface area contributed by atoms with E-state index in [0.29, 0.717) is 12.6 Å². The number of aliphatic carboxylic acids is 3. The van der Waals surface area contributed by atoms with Gasteiger partial charge in [0.2, 0.25) is 0 Å². The molecule has 0 fully saturated rings. The van der Waals surface area contributed by atoms with Crippen LogP contribution in [0.5, 0.6) is 0 Å². The Labute approximate surface area is 241 Å². The Balaban J connectivity index is 0.000000379. The van der Waals surface area contributed by atoms with Crippen LogP contribution in [-0.2, 0) is 34.0 Å². The highest BCUT2D eigenvalue weighted by Gasteiger charge is 2.39. The van der Waals surface area contributed by atoms with Gasteiger partial charge in [-0.05, 0) is 32.0 Å². The van der Waals surface area contributed by atoms with Gasteiger partial charge in [0.15, 0.2) is 0 Å². The van der Waals surface area contributed by atoms with E-state index in [-0.39, 0.29) is 0 Å². The lowest BCUT2D eigenvalue weighted by Crippen LogP contribution is -2.21. The molecule has 44 heavy (non-hydrogen) atoms. The Kier molecular flexibility index (Phi) is 12.9. The summed E-state index contributed by atoms with van der Waals surface area (Å²) in [6.45, 7) is 6.87. The second-order valence-electron chi connectivity index (χ2n) is 8.71. The van der Waals surface area contributed by atoms with Crippen molar-refractivity contribution in [3.63, 3.8) is 0 Å². The zero-order valence-electron chi connectivity index (χ0n) is 22.5. The van der Waals surface area contributed by atoms with E-state index in [9.17, 15) is 39.5 Å². The SMILES string of the molecule is CC(C)n1ccc2c1CNCc1cn(Cc3ccccn3)nc1-2.O=C(O)C(F)(F)F.O=C(O)C(F)(F)F.O=C(O)C(F)(F)F. The molecule has 1 aliphatic heterocycles. The standard InChI is InChI=1S/C18H21N5.3C2HF3O2/c1-13(2)23-8-6-16-17(23)10-19-9-14-11-22(21-18(14)16)12-15-5-3-4-7-20-15;3*3-2(4,5)1(6)7/h3-8,11,13,19H,9-10,12H2,1-2H3;3*(H,6,7). The van der Waals surface area contributed by atoms with E-state index >= 15 is 0 Å². The Hall–Kier alpha value is -4.62. The summed E-state index contributed by atoms with van der Waals surface area (Å²) < 4.78 is 99.5. The molecular weight excluding hydrogens is 625 g/mol. The van der Waals surface area contributed by atoms with Crippen LogP contribution in [0.2, 0.25) is 0 Å². The van der Waals surface area contributed by atoms with Crippen LogP contribution in [0.25, 0.3) is 11.3 Å². The van der Waals surface area contributed by atoms with Crippen molar-refractivity contribution in [1.82, 2.24) is 24.6 Å². The summed E-state index contributed by atoms with van der Waals surface area (Å²) >= 11 is 0.